The van der Waals surface area contributed by atoms with Crippen LogP contribution in [0.15, 0.2) is 0 Å². The monoisotopic (exact) mass is 376 g/mol. The van der Waals surface area contributed by atoms with E-state index in [1.54, 1.807) is 0 Å². The number of aromatic nitrogens is 4. The van der Waals surface area contributed by atoms with Gasteiger partial charge in [-0.15, -0.1) is 11.3 Å². The second-order valence-corrected chi connectivity index (χ2v) is 8.86. The zero-order valence-corrected chi connectivity index (χ0v) is 18.0. The van der Waals surface area contributed by atoms with E-state index in [9.17, 15) is 0 Å². The molecule has 0 aliphatic rings. The van der Waals surface area contributed by atoms with Gasteiger partial charge in [-0.05, 0) is 63.8 Å². The largest absolute Gasteiger partial charge is 0.331 e. The Kier molecular flexibility index (Phi) is 3.17. The highest BCUT2D eigenvalue weighted by atomic mass is 32.1. The number of imidazole rings is 2. The first kappa shape index (κ1) is 16.8. The Morgan fingerprint density at radius 1 is 0.593 bits per heavy atom. The minimum absolute atomic E-state index is 1.07. The van der Waals surface area contributed by atoms with Crippen molar-refractivity contribution in [3.05, 3.63) is 33.9 Å². The maximum absolute atomic E-state index is 4.86. The summed E-state index contributed by atoms with van der Waals surface area (Å²) < 4.78 is 7.20. The first-order valence-electron chi connectivity index (χ1n) is 9.34. The van der Waals surface area contributed by atoms with Gasteiger partial charge in [0.1, 0.15) is 11.6 Å². The van der Waals surface area contributed by atoms with Crippen LogP contribution in [-0.2, 0) is 14.1 Å². The molecule has 0 radical (unpaired) electrons. The summed E-state index contributed by atoms with van der Waals surface area (Å²) in [5.41, 5.74) is 10.1. The molecule has 0 aliphatic carbocycles. The highest BCUT2D eigenvalue weighted by Crippen LogP contribution is 2.46. The highest BCUT2D eigenvalue weighted by molar-refractivity contribution is 7.26. The molecule has 0 unspecified atom stereocenters. The van der Waals surface area contributed by atoms with E-state index in [0.29, 0.717) is 0 Å². The Labute approximate surface area is 162 Å². The molecule has 5 aromatic rings. The molecule has 2 aromatic carbocycles. The summed E-state index contributed by atoms with van der Waals surface area (Å²) in [5.74, 6) is 2.13. The van der Waals surface area contributed by atoms with Crippen molar-refractivity contribution < 1.29 is 0 Å². The van der Waals surface area contributed by atoms with Crippen LogP contribution < -0.4 is 0 Å². The molecule has 0 bridgehead atoms. The number of rotatable bonds is 0. The summed E-state index contributed by atoms with van der Waals surface area (Å²) in [6, 6.07) is 0. The molecule has 5 heteroatoms. The second-order valence-electron chi connectivity index (χ2n) is 7.84. The molecule has 5 rings (SSSR count). The van der Waals surface area contributed by atoms with Gasteiger partial charge in [-0.2, -0.15) is 0 Å². The third-order valence-corrected chi connectivity index (χ3v) is 7.83. The van der Waals surface area contributed by atoms with Crippen LogP contribution in [0.5, 0.6) is 0 Å². The summed E-state index contributed by atoms with van der Waals surface area (Å²) in [5, 5.41) is 2.79. The van der Waals surface area contributed by atoms with Gasteiger partial charge in [0.05, 0.1) is 22.1 Å². The molecule has 27 heavy (non-hydrogen) atoms. The van der Waals surface area contributed by atoms with Crippen molar-refractivity contribution >= 4 is 53.6 Å². The van der Waals surface area contributed by atoms with Crippen LogP contribution >= 0.6 is 11.3 Å². The Morgan fingerprint density at radius 3 is 1.33 bits per heavy atom. The molecule has 138 valence electrons. The maximum atomic E-state index is 4.86. The topological polar surface area (TPSA) is 35.6 Å². The van der Waals surface area contributed by atoms with Crippen molar-refractivity contribution in [1.29, 1.82) is 0 Å². The number of nitrogens with zero attached hydrogens (tertiary/aromatic N) is 4. The Balaban J connectivity index is 2.15. The smallest absolute Gasteiger partial charge is 0.106 e. The molecule has 0 atom stereocenters. The normalized spacial score (nSPS) is 12.4. The number of thiophene rings is 1. The van der Waals surface area contributed by atoms with Gasteiger partial charge in [-0.1, -0.05) is 0 Å². The predicted molar refractivity (Wildman–Crippen MR) is 116 cm³/mol. The molecule has 0 saturated carbocycles. The zero-order chi connectivity index (χ0) is 19.4. The van der Waals surface area contributed by atoms with Gasteiger partial charge in [0.25, 0.3) is 0 Å². The quantitative estimate of drug-likeness (QED) is 0.349. The van der Waals surface area contributed by atoms with Crippen LogP contribution in [0.4, 0.5) is 0 Å². The number of hydrogen-bond donors (Lipinski definition) is 0. The minimum Gasteiger partial charge on any atom is -0.331 e. The Bertz CT molecular complexity index is 1330. The summed E-state index contributed by atoms with van der Waals surface area (Å²) in [6.45, 7) is 13.1. The molecule has 0 fully saturated rings. The van der Waals surface area contributed by atoms with Crippen LogP contribution in [0.3, 0.4) is 0 Å². The van der Waals surface area contributed by atoms with Crippen molar-refractivity contribution in [2.45, 2.75) is 41.5 Å². The fourth-order valence-corrected chi connectivity index (χ4v) is 6.15. The van der Waals surface area contributed by atoms with Gasteiger partial charge in [0, 0.05) is 34.3 Å². The lowest BCUT2D eigenvalue weighted by Crippen LogP contribution is -1.95. The molecule has 3 aromatic heterocycles. The fraction of sp³-hybridized carbons (Fsp3) is 0.364. The van der Waals surface area contributed by atoms with E-state index in [0.717, 1.165) is 22.7 Å². The van der Waals surface area contributed by atoms with E-state index in [4.69, 9.17) is 9.97 Å². The average Bonchev–Trinajstić information content (AvgIpc) is 3.26. The number of benzene rings is 2. The molecule has 3 heterocycles. The first-order chi connectivity index (χ1) is 12.7. The van der Waals surface area contributed by atoms with Crippen LogP contribution in [0, 0.1) is 41.5 Å². The lowest BCUT2D eigenvalue weighted by molar-refractivity contribution is 0.883. The number of fused-ring (bicyclic) bond motifs is 5. The molecule has 4 nitrogen and oxygen atoms in total. The van der Waals surface area contributed by atoms with Crippen LogP contribution in [-0.4, -0.2) is 19.1 Å². The van der Waals surface area contributed by atoms with E-state index in [1.807, 2.05) is 11.3 Å². The SMILES string of the molecule is Cc1c2nc(C)n(C)c2c(C)c2c1sc1c(C)c3nc(C)n(C)c3c(C)c12. The minimum atomic E-state index is 1.07. The van der Waals surface area contributed by atoms with Gasteiger partial charge in [0.15, 0.2) is 0 Å². The van der Waals surface area contributed by atoms with Crippen molar-refractivity contribution in [1.82, 2.24) is 19.1 Å². The highest BCUT2D eigenvalue weighted by Gasteiger charge is 2.23. The van der Waals surface area contributed by atoms with E-state index in [-0.39, 0.29) is 0 Å². The van der Waals surface area contributed by atoms with Gasteiger partial charge >= 0.3 is 0 Å². The number of hydrogen-bond acceptors (Lipinski definition) is 3. The number of aryl methyl sites for hydroxylation is 8. The zero-order valence-electron chi connectivity index (χ0n) is 17.2. The van der Waals surface area contributed by atoms with Gasteiger partial charge in [0.2, 0.25) is 0 Å². The molecule has 0 aliphatic heterocycles. The molecular formula is C22H24N4S. The van der Waals surface area contributed by atoms with E-state index >= 15 is 0 Å². The van der Waals surface area contributed by atoms with Crippen molar-refractivity contribution in [2.75, 3.05) is 0 Å². The fourth-order valence-electron chi connectivity index (χ4n) is 4.73. The summed E-state index contributed by atoms with van der Waals surface area (Å²) in [4.78, 5) is 9.72. The second kappa shape index (κ2) is 5.10. The van der Waals surface area contributed by atoms with E-state index in [2.05, 4.69) is 64.8 Å². The summed E-state index contributed by atoms with van der Waals surface area (Å²) in [6.07, 6.45) is 0. The summed E-state index contributed by atoms with van der Waals surface area (Å²) >= 11 is 1.90. The van der Waals surface area contributed by atoms with Crippen molar-refractivity contribution in [3.63, 3.8) is 0 Å². The third kappa shape index (κ3) is 1.83. The lowest BCUT2D eigenvalue weighted by atomic mass is 9.97. The summed E-state index contributed by atoms with van der Waals surface area (Å²) in [7, 11) is 4.25. The van der Waals surface area contributed by atoms with Crippen molar-refractivity contribution in [2.24, 2.45) is 14.1 Å². The van der Waals surface area contributed by atoms with Gasteiger partial charge in [-0.25, -0.2) is 9.97 Å². The lowest BCUT2D eigenvalue weighted by Gasteiger charge is -2.09. The van der Waals surface area contributed by atoms with Gasteiger partial charge < -0.3 is 9.13 Å². The molecule has 0 spiro atoms. The Hall–Kier alpha value is -2.40. The van der Waals surface area contributed by atoms with Crippen molar-refractivity contribution in [3.8, 4) is 0 Å². The molecule has 0 amide bonds. The van der Waals surface area contributed by atoms with E-state index in [1.165, 1.54) is 53.5 Å². The predicted octanol–water partition coefficient (Wildman–Crippen LogP) is 5.68. The standard InChI is InChI=1S/C22H24N4S/c1-9-15-16-10(2)20-18(24-14(6)26(20)8)12(4)22(16)27-21(15)11(3)17-19(9)25(7)13(5)23-17/h1-8H3. The first-order valence-corrected chi connectivity index (χ1v) is 10.2. The molecule has 0 N–H and O–H groups in total. The van der Waals surface area contributed by atoms with Gasteiger partial charge in [-0.3, -0.25) is 0 Å². The van der Waals surface area contributed by atoms with E-state index < -0.39 is 0 Å². The molecule has 0 saturated heterocycles. The average molecular weight is 377 g/mol. The van der Waals surface area contributed by atoms with Crippen LogP contribution in [0.25, 0.3) is 42.2 Å². The maximum Gasteiger partial charge on any atom is 0.106 e. The third-order valence-electron chi connectivity index (χ3n) is 6.40. The van der Waals surface area contributed by atoms with Crippen LogP contribution in [0.2, 0.25) is 0 Å². The van der Waals surface area contributed by atoms with Crippen LogP contribution in [0.1, 0.15) is 33.9 Å². The Morgan fingerprint density at radius 2 is 0.963 bits per heavy atom. The molecular weight excluding hydrogens is 352 g/mol.